The van der Waals surface area contributed by atoms with E-state index in [1.54, 1.807) is 0 Å². The highest BCUT2D eigenvalue weighted by Gasteiger charge is 2.33. The van der Waals surface area contributed by atoms with Crippen LogP contribution in [0.5, 0.6) is 11.5 Å². The summed E-state index contributed by atoms with van der Waals surface area (Å²) in [5.41, 5.74) is 0.801. The van der Waals surface area contributed by atoms with Gasteiger partial charge in [0.2, 0.25) is 0 Å². The van der Waals surface area contributed by atoms with Crippen LogP contribution in [-0.2, 0) is 6.42 Å². The molecule has 192 valence electrons. The Kier molecular flexibility index (Phi) is 8.82. The van der Waals surface area contributed by atoms with Crippen LogP contribution in [0.25, 0.3) is 22.2 Å². The van der Waals surface area contributed by atoms with Gasteiger partial charge < -0.3 is 18.3 Å². The van der Waals surface area contributed by atoms with Crippen LogP contribution in [0.15, 0.2) is 33.1 Å². The second kappa shape index (κ2) is 11.0. The first-order valence-electron chi connectivity index (χ1n) is 9.91. The van der Waals surface area contributed by atoms with E-state index in [1.165, 1.54) is 13.0 Å². The van der Waals surface area contributed by atoms with Gasteiger partial charge in [0.15, 0.2) is 40.3 Å². The van der Waals surface area contributed by atoms with E-state index in [0.29, 0.717) is 17.8 Å². The maximum atomic E-state index is 13.2. The quantitative estimate of drug-likeness (QED) is 0.249. The van der Waals surface area contributed by atoms with Gasteiger partial charge in [-0.05, 0) is 6.07 Å². The molecule has 0 aliphatic carbocycles. The summed E-state index contributed by atoms with van der Waals surface area (Å²) in [6.07, 6.45) is -9.18. The molecule has 0 radical (unpaired) electrons. The minimum atomic E-state index is -4.94. The predicted molar refractivity (Wildman–Crippen MR) is 112 cm³/mol. The van der Waals surface area contributed by atoms with E-state index >= 15 is 0 Å². The molecule has 0 aliphatic rings. The maximum Gasteiger partial charge on any atom is 0.573 e. The van der Waals surface area contributed by atoms with Crippen LogP contribution in [0, 0.1) is 12.7 Å². The summed E-state index contributed by atoms with van der Waals surface area (Å²) in [5, 5.41) is -0.161. The Hall–Kier alpha value is -3.22. The Labute approximate surface area is 198 Å². The molecule has 0 saturated heterocycles. The number of rotatable bonds is 3. The average Bonchev–Trinajstić information content (AvgIpc) is 3.29. The highest BCUT2D eigenvalue weighted by Crippen LogP contribution is 2.34. The summed E-state index contributed by atoms with van der Waals surface area (Å²) >= 11 is 5.66. The van der Waals surface area contributed by atoms with E-state index in [9.17, 15) is 30.7 Å². The first kappa shape index (κ1) is 28.0. The molecule has 2 aromatic carbocycles. The number of aromatic nitrogens is 2. The molecule has 0 spiro atoms. The molecule has 0 bridgehead atoms. The molecule has 0 saturated carbocycles. The smallest absolute Gasteiger partial charge is 0.441 e. The van der Waals surface area contributed by atoms with Crippen molar-refractivity contribution in [1.82, 2.24) is 9.97 Å². The summed E-state index contributed by atoms with van der Waals surface area (Å²) in [5.74, 6) is -1.90. The molecule has 2 aromatic heterocycles. The van der Waals surface area contributed by atoms with Gasteiger partial charge >= 0.3 is 12.7 Å². The third kappa shape index (κ3) is 7.91. The number of alkyl halides is 6. The van der Waals surface area contributed by atoms with Crippen molar-refractivity contribution in [2.45, 2.75) is 46.8 Å². The number of ether oxygens (including phenoxy) is 2. The highest BCUT2D eigenvalue weighted by molar-refractivity contribution is 6.32. The first-order chi connectivity index (χ1) is 16.2. The van der Waals surface area contributed by atoms with Crippen LogP contribution >= 0.6 is 11.6 Å². The van der Waals surface area contributed by atoms with Crippen molar-refractivity contribution in [3.05, 3.63) is 46.9 Å². The van der Waals surface area contributed by atoms with E-state index < -0.39 is 30.0 Å². The minimum absolute atomic E-state index is 0.0400. The van der Waals surface area contributed by atoms with E-state index in [4.69, 9.17) is 20.4 Å². The molecule has 0 N–H and O–H groups in total. The van der Waals surface area contributed by atoms with Gasteiger partial charge in [0.1, 0.15) is 11.0 Å². The van der Waals surface area contributed by atoms with Gasteiger partial charge in [-0.2, -0.15) is 0 Å². The lowest BCUT2D eigenvalue weighted by molar-refractivity contribution is -0.276. The fourth-order valence-electron chi connectivity index (χ4n) is 2.58. The number of hydrogen-bond donors (Lipinski definition) is 0. The Morgan fingerprint density at radius 3 is 1.91 bits per heavy atom. The van der Waals surface area contributed by atoms with Crippen molar-refractivity contribution >= 4 is 33.8 Å². The zero-order valence-electron chi connectivity index (χ0n) is 18.6. The van der Waals surface area contributed by atoms with Gasteiger partial charge in [0.25, 0.3) is 0 Å². The molecule has 4 rings (SSSR count). The van der Waals surface area contributed by atoms with Crippen LogP contribution < -0.4 is 9.47 Å². The normalized spacial score (nSPS) is 11.5. The molecule has 14 heteroatoms. The minimum Gasteiger partial charge on any atom is -0.441 e. The Morgan fingerprint density at radius 2 is 1.34 bits per heavy atom. The number of hydrogen-bond acceptors (Lipinski definition) is 6. The largest absolute Gasteiger partial charge is 0.573 e. The topological polar surface area (TPSA) is 70.5 Å². The third-order valence-corrected chi connectivity index (χ3v) is 4.08. The predicted octanol–water partition coefficient (Wildman–Crippen LogP) is 8.14. The summed E-state index contributed by atoms with van der Waals surface area (Å²) in [4.78, 5) is 7.81. The number of halogens is 8. The molecule has 0 unspecified atom stereocenters. The van der Waals surface area contributed by atoms with Crippen molar-refractivity contribution < 1.29 is 49.0 Å². The molecule has 0 aliphatic heterocycles. The number of nitrogens with zero attached hydrogens (tertiary/aromatic N) is 2. The fraction of sp³-hybridized carbons (Fsp3) is 0.333. The summed E-state index contributed by atoms with van der Waals surface area (Å²) in [7, 11) is 0. The molecule has 2 heterocycles. The van der Waals surface area contributed by atoms with Crippen molar-refractivity contribution in [1.29, 1.82) is 0 Å². The van der Waals surface area contributed by atoms with Gasteiger partial charge in [-0.15, -0.1) is 26.3 Å². The average molecular weight is 531 g/mol. The fourth-order valence-corrected chi connectivity index (χ4v) is 2.78. The third-order valence-electron chi connectivity index (χ3n) is 3.79. The standard InChI is InChI=1S/C10H7ClF3NO2.C9H5F4NO2.C2H6/c1-2-9-15-6-3-5(11)7(4-8(6)16-9)17-10(12,13)14;1-4-14-6-2-5(10)7(3-8(6)15-4)16-9(11,12)13;1-2/h3-4H,2H2,1H3;2-3H,1H3;1-2H3. The molecule has 35 heavy (non-hydrogen) atoms. The van der Waals surface area contributed by atoms with Gasteiger partial charge in [0, 0.05) is 31.5 Å². The molecular formula is C21H18ClF7N2O4. The van der Waals surface area contributed by atoms with Crippen molar-refractivity contribution in [3.63, 3.8) is 0 Å². The number of fused-ring (bicyclic) bond motifs is 2. The van der Waals surface area contributed by atoms with Gasteiger partial charge in [-0.25, -0.2) is 14.4 Å². The lowest BCUT2D eigenvalue weighted by Crippen LogP contribution is -2.17. The Bertz CT molecular complexity index is 1280. The number of benzene rings is 2. The van der Waals surface area contributed by atoms with Gasteiger partial charge in [-0.1, -0.05) is 32.4 Å². The second-order valence-electron chi connectivity index (χ2n) is 6.29. The summed E-state index contributed by atoms with van der Waals surface area (Å²) in [6, 6.07) is 4.00. The van der Waals surface area contributed by atoms with Crippen LogP contribution in [-0.4, -0.2) is 22.7 Å². The molecule has 4 aromatic rings. The van der Waals surface area contributed by atoms with E-state index in [1.807, 2.05) is 20.8 Å². The molecule has 0 amide bonds. The van der Waals surface area contributed by atoms with Crippen LogP contribution in [0.1, 0.15) is 32.6 Å². The number of aryl methyl sites for hydroxylation is 2. The SMILES string of the molecule is CC.CCc1nc2cc(Cl)c(OC(F)(F)F)cc2o1.Cc1nc2cc(F)c(OC(F)(F)F)cc2o1. The monoisotopic (exact) mass is 530 g/mol. The van der Waals surface area contributed by atoms with E-state index in [2.05, 4.69) is 19.4 Å². The molecular weight excluding hydrogens is 513 g/mol. The lowest BCUT2D eigenvalue weighted by atomic mass is 10.3. The van der Waals surface area contributed by atoms with Crippen molar-refractivity contribution in [3.8, 4) is 11.5 Å². The molecule has 0 fully saturated rings. The second-order valence-corrected chi connectivity index (χ2v) is 6.70. The first-order valence-corrected chi connectivity index (χ1v) is 10.3. The molecule has 0 atom stereocenters. The van der Waals surface area contributed by atoms with E-state index in [0.717, 1.165) is 18.2 Å². The Morgan fingerprint density at radius 1 is 0.829 bits per heavy atom. The summed E-state index contributed by atoms with van der Waals surface area (Å²) in [6.45, 7) is 7.32. The lowest BCUT2D eigenvalue weighted by Gasteiger charge is -2.09. The van der Waals surface area contributed by atoms with Gasteiger partial charge in [-0.3, -0.25) is 0 Å². The Balaban J connectivity index is 0.000000231. The zero-order valence-corrected chi connectivity index (χ0v) is 19.3. The van der Waals surface area contributed by atoms with Crippen LogP contribution in [0.2, 0.25) is 5.02 Å². The summed E-state index contributed by atoms with van der Waals surface area (Å²) < 4.78 is 102. The van der Waals surface area contributed by atoms with Crippen molar-refractivity contribution in [2.75, 3.05) is 0 Å². The van der Waals surface area contributed by atoms with E-state index in [-0.39, 0.29) is 27.6 Å². The molecule has 6 nitrogen and oxygen atoms in total. The zero-order chi connectivity index (χ0) is 26.6. The maximum absolute atomic E-state index is 13.2. The van der Waals surface area contributed by atoms with Gasteiger partial charge in [0.05, 0.1) is 5.02 Å². The van der Waals surface area contributed by atoms with Crippen LogP contribution in [0.3, 0.4) is 0 Å². The van der Waals surface area contributed by atoms with Crippen LogP contribution in [0.4, 0.5) is 30.7 Å². The number of oxazole rings is 2. The van der Waals surface area contributed by atoms with Crippen molar-refractivity contribution in [2.24, 2.45) is 0 Å². The highest BCUT2D eigenvalue weighted by atomic mass is 35.5.